The predicted octanol–water partition coefficient (Wildman–Crippen LogP) is 3.24. The summed E-state index contributed by atoms with van der Waals surface area (Å²) in [7, 11) is -3.87. The number of carbonyl (C=O) groups excluding carboxylic acids is 1. The molecule has 8 nitrogen and oxygen atoms in total. The Labute approximate surface area is 170 Å². The van der Waals surface area contributed by atoms with Gasteiger partial charge in [-0.15, -0.1) is 0 Å². The third kappa shape index (κ3) is 5.32. The summed E-state index contributed by atoms with van der Waals surface area (Å²) in [5.74, 6) is -0.505. The van der Waals surface area contributed by atoms with Crippen molar-refractivity contribution in [3.05, 3.63) is 69.3 Å². The molecule has 0 saturated heterocycles. The third-order valence-corrected chi connectivity index (χ3v) is 5.88. The van der Waals surface area contributed by atoms with E-state index in [4.69, 9.17) is 0 Å². The van der Waals surface area contributed by atoms with Gasteiger partial charge in [-0.05, 0) is 44.9 Å². The van der Waals surface area contributed by atoms with Crippen molar-refractivity contribution in [1.29, 1.82) is 0 Å². The second-order valence-electron chi connectivity index (χ2n) is 7.10. The molecule has 156 valence electrons. The SMILES string of the molecule is Cc1ccc([C@H](C)NC(=O)[C@H](C)N(c2cccc([N+](=O)[O-])c2)S(C)(=O)=O)c(C)c1. The first-order chi connectivity index (χ1) is 13.4. The molecule has 29 heavy (non-hydrogen) atoms. The van der Waals surface area contributed by atoms with E-state index in [1.54, 1.807) is 0 Å². The number of nitro benzene ring substituents is 1. The smallest absolute Gasteiger partial charge is 0.271 e. The normalized spacial score (nSPS) is 13.4. The highest BCUT2D eigenvalue weighted by molar-refractivity contribution is 7.92. The molecule has 0 aliphatic heterocycles. The molecule has 0 fully saturated rings. The van der Waals surface area contributed by atoms with Gasteiger partial charge in [0, 0.05) is 12.1 Å². The van der Waals surface area contributed by atoms with Crippen LogP contribution in [0.4, 0.5) is 11.4 Å². The molecular formula is C20H25N3O5S. The number of hydrogen-bond donors (Lipinski definition) is 1. The van der Waals surface area contributed by atoms with Crippen LogP contribution in [0.5, 0.6) is 0 Å². The van der Waals surface area contributed by atoms with E-state index in [0.29, 0.717) is 0 Å². The predicted molar refractivity (Wildman–Crippen MR) is 112 cm³/mol. The molecule has 0 aliphatic carbocycles. The van der Waals surface area contributed by atoms with Crippen molar-refractivity contribution in [2.24, 2.45) is 0 Å². The highest BCUT2D eigenvalue weighted by atomic mass is 32.2. The van der Waals surface area contributed by atoms with Crippen LogP contribution in [0.1, 0.15) is 36.6 Å². The zero-order chi connectivity index (χ0) is 21.9. The number of nitrogens with one attached hydrogen (secondary N) is 1. The first kappa shape index (κ1) is 22.4. The van der Waals surface area contributed by atoms with Crippen LogP contribution in [0.3, 0.4) is 0 Å². The van der Waals surface area contributed by atoms with Gasteiger partial charge in [0.15, 0.2) is 0 Å². The van der Waals surface area contributed by atoms with Crippen LogP contribution in [0, 0.1) is 24.0 Å². The summed E-state index contributed by atoms with van der Waals surface area (Å²) in [6.07, 6.45) is 0.961. The van der Waals surface area contributed by atoms with Crippen LogP contribution in [-0.4, -0.2) is 31.5 Å². The fourth-order valence-corrected chi connectivity index (χ4v) is 4.44. The summed E-state index contributed by atoms with van der Waals surface area (Å²) >= 11 is 0. The monoisotopic (exact) mass is 419 g/mol. The molecule has 2 aromatic carbocycles. The fraction of sp³-hybridized carbons (Fsp3) is 0.350. The maximum atomic E-state index is 12.8. The van der Waals surface area contributed by atoms with E-state index in [-0.39, 0.29) is 17.4 Å². The second kappa shape index (κ2) is 8.60. The van der Waals surface area contributed by atoms with Gasteiger partial charge in [0.05, 0.1) is 22.9 Å². The van der Waals surface area contributed by atoms with E-state index in [1.807, 2.05) is 39.0 Å². The second-order valence-corrected chi connectivity index (χ2v) is 8.96. The maximum absolute atomic E-state index is 12.8. The van der Waals surface area contributed by atoms with E-state index in [9.17, 15) is 23.3 Å². The van der Waals surface area contributed by atoms with Crippen molar-refractivity contribution in [3.63, 3.8) is 0 Å². The van der Waals surface area contributed by atoms with E-state index in [0.717, 1.165) is 33.3 Å². The summed E-state index contributed by atoms with van der Waals surface area (Å²) < 4.78 is 25.7. The Bertz CT molecular complexity index is 1040. The minimum absolute atomic E-state index is 0.0588. The van der Waals surface area contributed by atoms with E-state index in [1.165, 1.54) is 25.1 Å². The highest BCUT2D eigenvalue weighted by Crippen LogP contribution is 2.26. The molecule has 0 saturated carbocycles. The number of hydrogen-bond acceptors (Lipinski definition) is 5. The molecule has 2 rings (SSSR count). The number of non-ortho nitro benzene ring substituents is 1. The van der Waals surface area contributed by atoms with Gasteiger partial charge in [-0.25, -0.2) is 8.42 Å². The standard InChI is InChI=1S/C20H25N3O5S/c1-13-9-10-19(14(2)11-13)15(3)21-20(24)16(4)22(29(5,27)28)17-7-6-8-18(12-17)23(25)26/h6-12,15-16H,1-5H3,(H,21,24)/t15-,16-/m0/s1. The van der Waals surface area contributed by atoms with Gasteiger partial charge in [0.1, 0.15) is 6.04 Å². The lowest BCUT2D eigenvalue weighted by Crippen LogP contribution is -2.48. The van der Waals surface area contributed by atoms with Gasteiger partial charge in [0.25, 0.3) is 5.69 Å². The first-order valence-corrected chi connectivity index (χ1v) is 10.9. The summed E-state index contributed by atoms with van der Waals surface area (Å²) in [5, 5.41) is 13.9. The summed E-state index contributed by atoms with van der Waals surface area (Å²) in [6.45, 7) is 7.19. The Balaban J connectivity index is 2.32. The fourth-order valence-electron chi connectivity index (χ4n) is 3.28. The summed E-state index contributed by atoms with van der Waals surface area (Å²) in [6, 6.07) is 9.65. The zero-order valence-electron chi connectivity index (χ0n) is 17.0. The largest absolute Gasteiger partial charge is 0.348 e. The molecule has 2 atom stereocenters. The van der Waals surface area contributed by atoms with Crippen LogP contribution >= 0.6 is 0 Å². The third-order valence-electron chi connectivity index (χ3n) is 4.63. The Morgan fingerprint density at radius 3 is 2.34 bits per heavy atom. The average molecular weight is 420 g/mol. The van der Waals surface area contributed by atoms with Gasteiger partial charge in [-0.3, -0.25) is 19.2 Å². The lowest BCUT2D eigenvalue weighted by Gasteiger charge is -2.29. The van der Waals surface area contributed by atoms with Crippen molar-refractivity contribution >= 4 is 27.3 Å². The molecule has 1 amide bonds. The Morgan fingerprint density at radius 1 is 1.14 bits per heavy atom. The van der Waals surface area contributed by atoms with Gasteiger partial charge in [-0.1, -0.05) is 29.8 Å². The molecule has 2 aromatic rings. The minimum atomic E-state index is -3.87. The molecule has 9 heteroatoms. The molecule has 0 heterocycles. The van der Waals surface area contributed by atoms with Crippen molar-refractivity contribution < 1.29 is 18.1 Å². The molecular weight excluding hydrogens is 394 g/mol. The number of benzene rings is 2. The number of amides is 1. The lowest BCUT2D eigenvalue weighted by molar-refractivity contribution is -0.384. The summed E-state index contributed by atoms with van der Waals surface area (Å²) in [4.78, 5) is 23.3. The quantitative estimate of drug-likeness (QED) is 0.547. The van der Waals surface area contributed by atoms with Gasteiger partial charge in [-0.2, -0.15) is 0 Å². The number of nitrogens with zero attached hydrogens (tertiary/aromatic N) is 2. The highest BCUT2D eigenvalue weighted by Gasteiger charge is 2.30. The van der Waals surface area contributed by atoms with Crippen LogP contribution in [0.15, 0.2) is 42.5 Å². The number of anilines is 1. The molecule has 0 aliphatic rings. The number of aryl methyl sites for hydroxylation is 2. The Hall–Kier alpha value is -2.94. The van der Waals surface area contributed by atoms with Gasteiger partial charge >= 0.3 is 0 Å². The van der Waals surface area contributed by atoms with E-state index in [2.05, 4.69) is 5.32 Å². The molecule has 0 spiro atoms. The number of sulfonamides is 1. The molecule has 0 aromatic heterocycles. The Kier molecular flexibility index (Phi) is 6.63. The molecule has 1 N–H and O–H groups in total. The average Bonchev–Trinajstić information content (AvgIpc) is 2.60. The van der Waals surface area contributed by atoms with Crippen LogP contribution in [0.25, 0.3) is 0 Å². The van der Waals surface area contributed by atoms with E-state index < -0.39 is 26.9 Å². The van der Waals surface area contributed by atoms with Crippen LogP contribution < -0.4 is 9.62 Å². The van der Waals surface area contributed by atoms with Gasteiger partial charge in [0.2, 0.25) is 15.9 Å². The maximum Gasteiger partial charge on any atom is 0.271 e. The Morgan fingerprint density at radius 2 is 1.79 bits per heavy atom. The van der Waals surface area contributed by atoms with Crippen molar-refractivity contribution in [2.75, 3.05) is 10.6 Å². The van der Waals surface area contributed by atoms with Crippen LogP contribution in [0.2, 0.25) is 0 Å². The van der Waals surface area contributed by atoms with Crippen LogP contribution in [-0.2, 0) is 14.8 Å². The van der Waals surface area contributed by atoms with Gasteiger partial charge < -0.3 is 5.32 Å². The topological polar surface area (TPSA) is 110 Å². The first-order valence-electron chi connectivity index (χ1n) is 9.03. The number of carbonyl (C=O) groups is 1. The van der Waals surface area contributed by atoms with Crippen molar-refractivity contribution in [1.82, 2.24) is 5.32 Å². The summed E-state index contributed by atoms with van der Waals surface area (Å²) in [5.41, 5.74) is 2.85. The molecule has 0 unspecified atom stereocenters. The molecule has 0 bridgehead atoms. The van der Waals surface area contributed by atoms with Crippen molar-refractivity contribution in [3.8, 4) is 0 Å². The molecule has 0 radical (unpaired) electrons. The minimum Gasteiger partial charge on any atom is -0.348 e. The lowest BCUT2D eigenvalue weighted by atomic mass is 10.00. The van der Waals surface area contributed by atoms with E-state index >= 15 is 0 Å². The van der Waals surface area contributed by atoms with Crippen molar-refractivity contribution in [2.45, 2.75) is 39.8 Å². The number of rotatable bonds is 7. The zero-order valence-corrected chi connectivity index (χ0v) is 17.9. The number of nitro groups is 1.